The van der Waals surface area contributed by atoms with Gasteiger partial charge in [-0.1, -0.05) is 28.1 Å². The molecular weight excluding hydrogens is 326 g/mol. The van der Waals surface area contributed by atoms with Crippen LogP contribution in [-0.2, 0) is 9.84 Å². The molecule has 0 saturated carbocycles. The fourth-order valence-electron chi connectivity index (χ4n) is 3.58. The number of hydrogen-bond donors (Lipinski definition) is 1. The van der Waals surface area contributed by atoms with Crippen LogP contribution in [0.1, 0.15) is 24.3 Å². The van der Waals surface area contributed by atoms with Crippen molar-refractivity contribution in [2.75, 3.05) is 24.6 Å². The van der Waals surface area contributed by atoms with Crippen LogP contribution in [0.25, 0.3) is 0 Å². The maximum atomic E-state index is 11.9. The van der Waals surface area contributed by atoms with E-state index >= 15 is 0 Å². The van der Waals surface area contributed by atoms with E-state index in [4.69, 9.17) is 0 Å². The molecule has 2 heterocycles. The van der Waals surface area contributed by atoms with Gasteiger partial charge in [-0.15, -0.1) is 0 Å². The van der Waals surface area contributed by atoms with Crippen LogP contribution in [0, 0.1) is 5.41 Å². The van der Waals surface area contributed by atoms with Crippen LogP contribution >= 0.6 is 15.9 Å². The van der Waals surface area contributed by atoms with Crippen molar-refractivity contribution >= 4 is 25.8 Å². The lowest BCUT2D eigenvalue weighted by Crippen LogP contribution is -2.44. The lowest BCUT2D eigenvalue weighted by atomic mass is 9.68. The summed E-state index contributed by atoms with van der Waals surface area (Å²) < 4.78 is 24.9. The van der Waals surface area contributed by atoms with Gasteiger partial charge in [0.1, 0.15) is 0 Å². The second-order valence-electron chi connectivity index (χ2n) is 5.77. The quantitative estimate of drug-likeness (QED) is 0.851. The average Bonchev–Trinajstić information content (AvgIpc) is 2.66. The van der Waals surface area contributed by atoms with E-state index in [9.17, 15) is 8.42 Å². The van der Waals surface area contributed by atoms with E-state index in [1.54, 1.807) is 0 Å². The summed E-state index contributed by atoms with van der Waals surface area (Å²) in [4.78, 5) is 0. The molecule has 2 aliphatic heterocycles. The molecule has 1 N–H and O–H groups in total. The van der Waals surface area contributed by atoms with Gasteiger partial charge in [0.05, 0.1) is 11.5 Å². The minimum absolute atomic E-state index is 0.0507. The Bertz CT molecular complexity index is 587. The van der Waals surface area contributed by atoms with E-state index in [-0.39, 0.29) is 5.41 Å². The molecule has 0 bridgehead atoms. The molecule has 0 amide bonds. The molecule has 2 fully saturated rings. The number of benzene rings is 1. The first kappa shape index (κ1) is 13.6. The van der Waals surface area contributed by atoms with Crippen molar-refractivity contribution in [2.24, 2.45) is 5.41 Å². The molecule has 3 nitrogen and oxygen atoms in total. The smallest absolute Gasteiger partial charge is 0.150 e. The van der Waals surface area contributed by atoms with Crippen LogP contribution in [0.4, 0.5) is 0 Å². The van der Waals surface area contributed by atoms with E-state index in [1.165, 1.54) is 5.56 Å². The summed E-state index contributed by atoms with van der Waals surface area (Å²) in [6.07, 6.45) is 1.78. The maximum Gasteiger partial charge on any atom is 0.150 e. The summed E-state index contributed by atoms with van der Waals surface area (Å²) in [6, 6.07) is 8.29. The van der Waals surface area contributed by atoms with Gasteiger partial charge in [0.2, 0.25) is 0 Å². The Balaban J connectivity index is 1.98. The van der Waals surface area contributed by atoms with Gasteiger partial charge in [-0.2, -0.15) is 0 Å². The van der Waals surface area contributed by atoms with Gasteiger partial charge in [-0.05, 0) is 42.5 Å². The van der Waals surface area contributed by atoms with Crippen LogP contribution in [0.2, 0.25) is 0 Å². The van der Waals surface area contributed by atoms with Gasteiger partial charge in [-0.25, -0.2) is 8.42 Å². The largest absolute Gasteiger partial charge is 0.316 e. The molecule has 5 heteroatoms. The molecule has 2 atom stereocenters. The third-order valence-corrected chi connectivity index (χ3v) is 6.89. The molecule has 3 rings (SSSR count). The second kappa shape index (κ2) is 4.86. The van der Waals surface area contributed by atoms with Gasteiger partial charge in [-0.3, -0.25) is 0 Å². The molecule has 1 spiro atoms. The predicted octanol–water partition coefficient (Wildman–Crippen LogP) is 2.33. The normalized spacial score (nSPS) is 33.6. The van der Waals surface area contributed by atoms with Crippen molar-refractivity contribution in [2.45, 2.75) is 18.8 Å². The number of rotatable bonds is 1. The van der Waals surface area contributed by atoms with Crippen molar-refractivity contribution in [3.63, 3.8) is 0 Å². The Hall–Kier alpha value is -0.390. The fraction of sp³-hybridized carbons (Fsp3) is 0.571. The molecule has 19 heavy (non-hydrogen) atoms. The fourth-order valence-corrected chi connectivity index (χ4v) is 6.23. The van der Waals surface area contributed by atoms with E-state index in [0.717, 1.165) is 30.4 Å². The number of halogens is 1. The summed E-state index contributed by atoms with van der Waals surface area (Å²) in [6.45, 7) is 1.81. The molecular formula is C14H18BrNO2S. The number of hydrogen-bond acceptors (Lipinski definition) is 3. The molecule has 1 aromatic rings. The first-order valence-corrected chi connectivity index (χ1v) is 9.29. The lowest BCUT2D eigenvalue weighted by molar-refractivity contribution is 0.196. The highest BCUT2D eigenvalue weighted by Crippen LogP contribution is 2.48. The first-order chi connectivity index (χ1) is 9.01. The van der Waals surface area contributed by atoms with Crippen LogP contribution in [0.15, 0.2) is 28.7 Å². The zero-order valence-corrected chi connectivity index (χ0v) is 13.1. The van der Waals surface area contributed by atoms with Crippen molar-refractivity contribution in [1.29, 1.82) is 0 Å². The predicted molar refractivity (Wildman–Crippen MR) is 80.1 cm³/mol. The molecule has 104 valence electrons. The molecule has 0 aliphatic carbocycles. The second-order valence-corrected chi connectivity index (χ2v) is 8.87. The lowest BCUT2D eigenvalue weighted by Gasteiger charge is -2.41. The van der Waals surface area contributed by atoms with E-state index < -0.39 is 9.84 Å². The SMILES string of the molecule is O=S1(=O)CCC2(CCNCC2c2cccc(Br)c2)C1. The number of sulfone groups is 1. The summed E-state index contributed by atoms with van der Waals surface area (Å²) in [7, 11) is -2.84. The molecule has 2 aliphatic rings. The third kappa shape index (κ3) is 2.60. The zero-order valence-electron chi connectivity index (χ0n) is 10.7. The first-order valence-electron chi connectivity index (χ1n) is 6.67. The molecule has 2 saturated heterocycles. The van der Waals surface area contributed by atoms with Crippen LogP contribution in [0.3, 0.4) is 0 Å². The van der Waals surface area contributed by atoms with Gasteiger partial charge < -0.3 is 5.32 Å². The minimum atomic E-state index is -2.84. The Kier molecular flexibility index (Phi) is 3.48. The summed E-state index contributed by atoms with van der Waals surface area (Å²) >= 11 is 3.51. The van der Waals surface area contributed by atoms with Crippen molar-refractivity contribution in [1.82, 2.24) is 5.32 Å². The van der Waals surface area contributed by atoms with Gasteiger partial charge in [0.25, 0.3) is 0 Å². The average molecular weight is 344 g/mol. The molecule has 1 aromatic carbocycles. The van der Waals surface area contributed by atoms with Gasteiger partial charge >= 0.3 is 0 Å². The van der Waals surface area contributed by atoms with E-state index in [0.29, 0.717) is 17.4 Å². The topological polar surface area (TPSA) is 46.2 Å². The standard InChI is InChI=1S/C14H18BrNO2S/c15-12-3-1-2-11(8-12)13-9-16-6-4-14(13)5-7-19(17,18)10-14/h1-3,8,13,16H,4-7,9-10H2. The maximum absolute atomic E-state index is 11.9. The van der Waals surface area contributed by atoms with Gasteiger partial charge in [0.15, 0.2) is 9.84 Å². The molecule has 0 aromatic heterocycles. The molecule has 2 unspecified atom stereocenters. The van der Waals surface area contributed by atoms with E-state index in [1.807, 2.05) is 12.1 Å². The Morgan fingerprint density at radius 1 is 1.32 bits per heavy atom. The number of nitrogens with one attached hydrogen (secondary N) is 1. The van der Waals surface area contributed by atoms with Crippen LogP contribution in [0.5, 0.6) is 0 Å². The van der Waals surface area contributed by atoms with Crippen molar-refractivity contribution in [3.8, 4) is 0 Å². The van der Waals surface area contributed by atoms with Crippen LogP contribution < -0.4 is 5.32 Å². The monoisotopic (exact) mass is 343 g/mol. The van der Waals surface area contributed by atoms with Gasteiger partial charge in [0, 0.05) is 16.9 Å². The highest BCUT2D eigenvalue weighted by molar-refractivity contribution is 9.10. The van der Waals surface area contributed by atoms with Crippen molar-refractivity contribution in [3.05, 3.63) is 34.3 Å². The van der Waals surface area contributed by atoms with E-state index in [2.05, 4.69) is 33.4 Å². The van der Waals surface area contributed by atoms with Crippen molar-refractivity contribution < 1.29 is 8.42 Å². The highest BCUT2D eigenvalue weighted by atomic mass is 79.9. The minimum Gasteiger partial charge on any atom is -0.316 e. The highest BCUT2D eigenvalue weighted by Gasteiger charge is 2.49. The third-order valence-electron chi connectivity index (χ3n) is 4.56. The Morgan fingerprint density at radius 3 is 2.84 bits per heavy atom. The zero-order chi connectivity index (χ0) is 13.5. The summed E-state index contributed by atoms with van der Waals surface area (Å²) in [5.74, 6) is 1.02. The summed E-state index contributed by atoms with van der Waals surface area (Å²) in [5.41, 5.74) is 1.20. The van der Waals surface area contributed by atoms with Crippen LogP contribution in [-0.4, -0.2) is 33.0 Å². The summed E-state index contributed by atoms with van der Waals surface area (Å²) in [5, 5.41) is 3.42. The Morgan fingerprint density at radius 2 is 2.16 bits per heavy atom. The Labute approximate surface area is 122 Å². The molecule has 0 radical (unpaired) electrons. The number of piperidine rings is 1.